The Labute approximate surface area is 196 Å². The minimum Gasteiger partial charge on any atom is -0.508 e. The van der Waals surface area contributed by atoms with Crippen LogP contribution in [0, 0.1) is 0 Å². The lowest BCUT2D eigenvalue weighted by Gasteiger charge is -2.23. The number of carboxylic acid groups (broad SMARTS) is 1. The molecule has 12 heteroatoms. The van der Waals surface area contributed by atoms with E-state index in [1.54, 1.807) is 23.9 Å². The summed E-state index contributed by atoms with van der Waals surface area (Å²) in [4.78, 5) is 48.8. The van der Waals surface area contributed by atoms with Gasteiger partial charge in [-0.25, -0.2) is 4.79 Å². The normalized spacial score (nSPS) is 14.5. The van der Waals surface area contributed by atoms with Crippen LogP contribution in [-0.4, -0.2) is 75.8 Å². The Bertz CT molecular complexity index is 793. The highest BCUT2D eigenvalue weighted by Gasteiger charge is 2.28. The molecule has 7 N–H and O–H groups in total. The van der Waals surface area contributed by atoms with E-state index in [0.717, 1.165) is 0 Å². The van der Waals surface area contributed by atoms with Gasteiger partial charge in [-0.05, 0) is 43.0 Å². The fourth-order valence-electron chi connectivity index (χ4n) is 2.59. The molecule has 3 amide bonds. The first-order valence-corrected chi connectivity index (χ1v) is 11.9. The molecule has 1 rings (SSSR count). The summed E-state index contributed by atoms with van der Waals surface area (Å²) in [5, 5.41) is 26.0. The highest BCUT2D eigenvalue weighted by Crippen LogP contribution is 2.12. The van der Waals surface area contributed by atoms with E-state index in [9.17, 15) is 24.3 Å². The number of benzene rings is 1. The fraction of sp³-hybridized carbons (Fsp3) is 0.500. The predicted molar refractivity (Wildman–Crippen MR) is 126 cm³/mol. The van der Waals surface area contributed by atoms with Crippen molar-refractivity contribution >= 4 is 48.1 Å². The number of carbonyl (C=O) groups excluding carboxylic acids is 3. The number of hydrogen-bond donors (Lipinski definition) is 7. The van der Waals surface area contributed by atoms with E-state index in [1.807, 2.05) is 6.26 Å². The van der Waals surface area contributed by atoms with Crippen molar-refractivity contribution < 1.29 is 29.4 Å². The zero-order valence-corrected chi connectivity index (χ0v) is 19.6. The SMILES string of the molecule is CSCCC(N)C(=O)NC(C)C(=O)NC(Cc1ccc(O)cc1)C(=O)NC(CS)C(=O)O. The second-order valence-electron chi connectivity index (χ2n) is 7.13. The summed E-state index contributed by atoms with van der Waals surface area (Å²) in [6, 6.07) is 1.90. The summed E-state index contributed by atoms with van der Waals surface area (Å²) in [5.74, 6) is -2.50. The minimum absolute atomic E-state index is 0.0324. The van der Waals surface area contributed by atoms with Gasteiger partial charge in [-0.2, -0.15) is 24.4 Å². The summed E-state index contributed by atoms with van der Waals surface area (Å²) in [6.07, 6.45) is 2.38. The van der Waals surface area contributed by atoms with Gasteiger partial charge >= 0.3 is 5.97 Å². The first kappa shape index (κ1) is 27.6. The number of aromatic hydroxyl groups is 1. The van der Waals surface area contributed by atoms with E-state index in [2.05, 4.69) is 28.6 Å². The molecule has 0 heterocycles. The lowest BCUT2D eigenvalue weighted by molar-refractivity contribution is -0.141. The number of rotatable bonds is 13. The van der Waals surface area contributed by atoms with E-state index < -0.39 is 47.9 Å². The molecule has 0 aliphatic rings. The molecule has 0 aromatic heterocycles. The Hall–Kier alpha value is -2.44. The quantitative estimate of drug-likeness (QED) is 0.183. The lowest BCUT2D eigenvalue weighted by atomic mass is 10.0. The molecular formula is C20H30N4O6S2. The van der Waals surface area contributed by atoms with Crippen LogP contribution < -0.4 is 21.7 Å². The lowest BCUT2D eigenvalue weighted by Crippen LogP contribution is -2.57. The molecule has 0 aliphatic heterocycles. The zero-order valence-electron chi connectivity index (χ0n) is 17.9. The van der Waals surface area contributed by atoms with Crippen molar-refractivity contribution in [2.75, 3.05) is 17.8 Å². The van der Waals surface area contributed by atoms with E-state index in [4.69, 9.17) is 10.8 Å². The maximum Gasteiger partial charge on any atom is 0.327 e. The topological polar surface area (TPSA) is 171 Å². The Balaban J connectivity index is 2.89. The van der Waals surface area contributed by atoms with Crippen LogP contribution in [0.4, 0.5) is 0 Å². The Morgan fingerprint density at radius 1 is 1.03 bits per heavy atom. The molecular weight excluding hydrogens is 456 g/mol. The third-order valence-electron chi connectivity index (χ3n) is 4.53. The van der Waals surface area contributed by atoms with Gasteiger partial charge in [0.25, 0.3) is 0 Å². The average Bonchev–Trinajstić information content (AvgIpc) is 2.75. The van der Waals surface area contributed by atoms with Gasteiger partial charge < -0.3 is 31.9 Å². The monoisotopic (exact) mass is 486 g/mol. The summed E-state index contributed by atoms with van der Waals surface area (Å²) in [5.41, 5.74) is 6.43. The standard InChI is InChI=1S/C20H30N4O6S2/c1-11(22-18(27)14(21)7-8-32-2)17(26)23-15(9-12-3-5-13(25)6-4-12)19(28)24-16(10-31)20(29)30/h3-6,11,14-16,25,31H,7-10,21H2,1-2H3,(H,22,27)(H,23,26)(H,24,28)(H,29,30). The number of amides is 3. The van der Waals surface area contributed by atoms with E-state index in [1.165, 1.54) is 19.1 Å². The highest BCUT2D eigenvalue weighted by molar-refractivity contribution is 7.98. The van der Waals surface area contributed by atoms with Crippen molar-refractivity contribution in [3.63, 3.8) is 0 Å². The molecule has 0 radical (unpaired) electrons. The number of phenolic OH excluding ortho intramolecular Hbond substituents is 1. The Kier molecular flexibility index (Phi) is 12.0. The maximum atomic E-state index is 12.7. The first-order valence-electron chi connectivity index (χ1n) is 9.86. The van der Waals surface area contributed by atoms with Gasteiger partial charge in [0.1, 0.15) is 23.9 Å². The van der Waals surface area contributed by atoms with Gasteiger partial charge in [0.05, 0.1) is 6.04 Å². The van der Waals surface area contributed by atoms with Crippen LogP contribution >= 0.6 is 24.4 Å². The van der Waals surface area contributed by atoms with Crippen molar-refractivity contribution in [1.29, 1.82) is 0 Å². The molecule has 0 saturated carbocycles. The van der Waals surface area contributed by atoms with Gasteiger partial charge in [0.15, 0.2) is 0 Å². The van der Waals surface area contributed by atoms with Crippen LogP contribution in [0.5, 0.6) is 5.75 Å². The van der Waals surface area contributed by atoms with E-state index in [-0.39, 0.29) is 17.9 Å². The van der Waals surface area contributed by atoms with E-state index in [0.29, 0.717) is 17.7 Å². The molecule has 0 spiro atoms. The molecule has 178 valence electrons. The number of nitrogens with one attached hydrogen (secondary N) is 3. The largest absolute Gasteiger partial charge is 0.508 e. The predicted octanol–water partition coefficient (Wildman–Crippen LogP) is -0.496. The number of aliphatic carboxylic acids is 1. The summed E-state index contributed by atoms with van der Waals surface area (Å²) >= 11 is 5.47. The number of phenols is 1. The van der Waals surface area contributed by atoms with Crippen LogP contribution in [0.3, 0.4) is 0 Å². The molecule has 1 aromatic rings. The fourth-order valence-corrected chi connectivity index (χ4v) is 3.33. The van der Waals surface area contributed by atoms with Crippen LogP contribution in [0.1, 0.15) is 18.9 Å². The van der Waals surface area contributed by atoms with Crippen LogP contribution in [-0.2, 0) is 25.6 Å². The van der Waals surface area contributed by atoms with E-state index >= 15 is 0 Å². The van der Waals surface area contributed by atoms with Crippen LogP contribution in [0.25, 0.3) is 0 Å². The van der Waals surface area contributed by atoms with Gasteiger partial charge in [0.2, 0.25) is 17.7 Å². The molecule has 0 aliphatic carbocycles. The van der Waals surface area contributed by atoms with Crippen molar-refractivity contribution in [1.82, 2.24) is 16.0 Å². The molecule has 32 heavy (non-hydrogen) atoms. The molecule has 4 unspecified atom stereocenters. The number of nitrogens with two attached hydrogens (primary N) is 1. The van der Waals surface area contributed by atoms with Gasteiger partial charge in [-0.15, -0.1) is 0 Å². The molecule has 1 aromatic carbocycles. The molecule has 0 bridgehead atoms. The number of carbonyl (C=O) groups is 4. The third kappa shape index (κ3) is 9.37. The third-order valence-corrected chi connectivity index (χ3v) is 5.54. The summed E-state index contributed by atoms with van der Waals surface area (Å²) in [6.45, 7) is 1.46. The zero-order chi connectivity index (χ0) is 24.3. The summed E-state index contributed by atoms with van der Waals surface area (Å²) < 4.78 is 0. The van der Waals surface area contributed by atoms with Gasteiger partial charge in [-0.1, -0.05) is 12.1 Å². The van der Waals surface area contributed by atoms with Gasteiger partial charge in [0, 0.05) is 12.2 Å². The van der Waals surface area contributed by atoms with Crippen molar-refractivity contribution in [3.05, 3.63) is 29.8 Å². The summed E-state index contributed by atoms with van der Waals surface area (Å²) in [7, 11) is 0. The Morgan fingerprint density at radius 2 is 1.62 bits per heavy atom. The van der Waals surface area contributed by atoms with Crippen molar-refractivity contribution in [3.8, 4) is 5.75 Å². The molecule has 0 fully saturated rings. The number of carboxylic acids is 1. The maximum absolute atomic E-state index is 12.7. The Morgan fingerprint density at radius 3 is 2.16 bits per heavy atom. The van der Waals surface area contributed by atoms with Crippen LogP contribution in [0.15, 0.2) is 24.3 Å². The molecule has 10 nitrogen and oxygen atoms in total. The van der Waals surface area contributed by atoms with Crippen molar-refractivity contribution in [2.45, 2.75) is 43.9 Å². The minimum atomic E-state index is -1.26. The molecule has 0 saturated heterocycles. The smallest absolute Gasteiger partial charge is 0.327 e. The second-order valence-corrected chi connectivity index (χ2v) is 8.48. The number of hydrogen-bond acceptors (Lipinski definition) is 8. The average molecular weight is 487 g/mol. The highest BCUT2D eigenvalue weighted by atomic mass is 32.2. The van der Waals surface area contributed by atoms with Crippen LogP contribution in [0.2, 0.25) is 0 Å². The number of thioether (sulfide) groups is 1. The molecule has 4 atom stereocenters. The first-order chi connectivity index (χ1) is 15.1. The number of thiol groups is 1. The van der Waals surface area contributed by atoms with Crippen molar-refractivity contribution in [2.24, 2.45) is 5.73 Å². The van der Waals surface area contributed by atoms with Gasteiger partial charge in [-0.3, -0.25) is 14.4 Å². The second kappa shape index (κ2) is 13.9.